The highest BCUT2D eigenvalue weighted by Crippen LogP contribution is 2.29. The lowest BCUT2D eigenvalue weighted by Gasteiger charge is -2.37. The molecule has 5 nitrogen and oxygen atoms in total. The summed E-state index contributed by atoms with van der Waals surface area (Å²) in [4.78, 5) is 15.8. The summed E-state index contributed by atoms with van der Waals surface area (Å²) in [5, 5.41) is 5.04. The molecule has 2 aromatic rings. The van der Waals surface area contributed by atoms with E-state index >= 15 is 0 Å². The number of hydrogen-bond acceptors (Lipinski definition) is 5. The maximum absolute atomic E-state index is 12.2. The number of amides is 1. The average molecular weight is 346 g/mol. The predicted molar refractivity (Wildman–Crippen MR) is 94.5 cm³/mol. The van der Waals surface area contributed by atoms with Crippen LogP contribution in [0.25, 0.3) is 0 Å². The largest absolute Gasteiger partial charge is 0.412 e. The van der Waals surface area contributed by atoms with Crippen molar-refractivity contribution in [3.8, 4) is 5.75 Å². The van der Waals surface area contributed by atoms with Crippen molar-refractivity contribution in [3.05, 3.63) is 52.7 Å². The van der Waals surface area contributed by atoms with E-state index in [9.17, 15) is 4.79 Å². The Balaban J connectivity index is 1.66. The molecule has 0 bridgehead atoms. The minimum atomic E-state index is -0.427. The van der Waals surface area contributed by atoms with Crippen LogP contribution in [-0.2, 0) is 4.74 Å². The van der Waals surface area contributed by atoms with E-state index in [1.807, 2.05) is 31.2 Å². The van der Waals surface area contributed by atoms with Gasteiger partial charge < -0.3 is 14.8 Å². The Morgan fingerprint density at radius 2 is 1.96 bits per heavy atom. The summed E-state index contributed by atoms with van der Waals surface area (Å²) >= 11 is 1.71. The van der Waals surface area contributed by atoms with Gasteiger partial charge in [-0.2, -0.15) is 0 Å². The van der Waals surface area contributed by atoms with Crippen molar-refractivity contribution in [2.45, 2.75) is 19.0 Å². The Morgan fingerprint density at radius 1 is 1.21 bits per heavy atom. The molecule has 1 aliphatic heterocycles. The molecular formula is C18H22N2O3S. The number of thiophene rings is 1. The first-order chi connectivity index (χ1) is 11.7. The molecule has 128 valence electrons. The lowest BCUT2D eigenvalue weighted by atomic mass is 10.1. The summed E-state index contributed by atoms with van der Waals surface area (Å²) < 4.78 is 10.8. The Labute approximate surface area is 146 Å². The Morgan fingerprint density at radius 3 is 2.62 bits per heavy atom. The van der Waals surface area contributed by atoms with Crippen molar-refractivity contribution in [1.82, 2.24) is 10.2 Å². The number of morpholine rings is 1. The van der Waals surface area contributed by atoms with E-state index in [1.165, 1.54) is 4.88 Å². The van der Waals surface area contributed by atoms with E-state index in [4.69, 9.17) is 9.47 Å². The van der Waals surface area contributed by atoms with Gasteiger partial charge in [-0.05, 0) is 30.5 Å². The Hall–Kier alpha value is -1.89. The molecule has 0 spiro atoms. The van der Waals surface area contributed by atoms with E-state index in [2.05, 4.69) is 21.7 Å². The Bertz CT molecular complexity index is 627. The molecule has 1 N–H and O–H groups in total. The molecule has 0 saturated carbocycles. The first-order valence-corrected chi connectivity index (χ1v) is 9.00. The van der Waals surface area contributed by atoms with Gasteiger partial charge >= 0.3 is 6.09 Å². The highest BCUT2D eigenvalue weighted by molar-refractivity contribution is 7.10. The van der Waals surface area contributed by atoms with Crippen LogP contribution < -0.4 is 10.1 Å². The van der Waals surface area contributed by atoms with Gasteiger partial charge in [-0.15, -0.1) is 11.3 Å². The van der Waals surface area contributed by atoms with E-state index < -0.39 is 6.09 Å². The molecule has 0 unspecified atom stereocenters. The van der Waals surface area contributed by atoms with Crippen molar-refractivity contribution >= 4 is 17.4 Å². The van der Waals surface area contributed by atoms with Crippen LogP contribution >= 0.6 is 11.3 Å². The van der Waals surface area contributed by atoms with Gasteiger partial charge in [0, 0.05) is 24.0 Å². The van der Waals surface area contributed by atoms with Crippen molar-refractivity contribution < 1.29 is 14.3 Å². The average Bonchev–Trinajstić information content (AvgIpc) is 3.11. The fraction of sp³-hybridized carbons (Fsp3) is 0.389. The molecule has 1 aromatic carbocycles. The molecule has 6 heteroatoms. The second-order valence-electron chi connectivity index (χ2n) is 5.74. The van der Waals surface area contributed by atoms with Crippen LogP contribution in [-0.4, -0.2) is 43.3 Å². The third-order valence-corrected chi connectivity index (χ3v) is 4.99. The van der Waals surface area contributed by atoms with Gasteiger partial charge in [-0.1, -0.05) is 24.3 Å². The molecule has 1 aliphatic rings. The van der Waals surface area contributed by atoms with Crippen molar-refractivity contribution in [1.29, 1.82) is 0 Å². The van der Waals surface area contributed by atoms with Crippen LogP contribution in [0.3, 0.4) is 0 Å². The molecule has 0 aliphatic carbocycles. The second-order valence-corrected chi connectivity index (χ2v) is 6.72. The molecule has 1 fully saturated rings. The summed E-state index contributed by atoms with van der Waals surface area (Å²) in [5.41, 5.74) is 0. The summed E-state index contributed by atoms with van der Waals surface area (Å²) in [5.74, 6) is 0.543. The maximum atomic E-state index is 12.2. The topological polar surface area (TPSA) is 50.8 Å². The van der Waals surface area contributed by atoms with Crippen LogP contribution in [0.15, 0.2) is 47.8 Å². The molecule has 24 heavy (non-hydrogen) atoms. The minimum Gasteiger partial charge on any atom is -0.410 e. The number of para-hydroxylation sites is 1. The summed E-state index contributed by atoms with van der Waals surface area (Å²) in [7, 11) is 0. The number of nitrogens with zero attached hydrogens (tertiary/aromatic N) is 1. The summed E-state index contributed by atoms with van der Waals surface area (Å²) in [6.45, 7) is 5.20. The smallest absolute Gasteiger partial charge is 0.410 e. The van der Waals surface area contributed by atoms with Crippen molar-refractivity contribution in [2.75, 3.05) is 26.3 Å². The van der Waals surface area contributed by atoms with E-state index in [-0.39, 0.29) is 12.1 Å². The zero-order valence-electron chi connectivity index (χ0n) is 13.7. The number of hydrogen-bond donors (Lipinski definition) is 1. The molecule has 1 saturated heterocycles. The highest BCUT2D eigenvalue weighted by Gasteiger charge is 2.29. The standard InChI is InChI=1S/C18H22N2O3S/c1-14(19-18(21)23-15-6-3-2-4-7-15)17(16-8-5-13-24-16)20-9-11-22-12-10-20/h2-8,13-14,17H,9-12H2,1H3,(H,19,21)/t14-,17+/m1/s1. The van der Waals surface area contributed by atoms with E-state index in [1.54, 1.807) is 23.5 Å². The maximum Gasteiger partial charge on any atom is 0.412 e. The van der Waals surface area contributed by atoms with Gasteiger partial charge in [0.2, 0.25) is 0 Å². The van der Waals surface area contributed by atoms with Gasteiger partial charge in [0.15, 0.2) is 0 Å². The van der Waals surface area contributed by atoms with Crippen LogP contribution in [0.2, 0.25) is 0 Å². The number of carbonyl (C=O) groups is 1. The van der Waals surface area contributed by atoms with Gasteiger partial charge in [0.25, 0.3) is 0 Å². The molecule has 1 aromatic heterocycles. The number of carbonyl (C=O) groups excluding carboxylic acids is 1. The first-order valence-electron chi connectivity index (χ1n) is 8.12. The zero-order valence-corrected chi connectivity index (χ0v) is 14.5. The normalized spacial score (nSPS) is 17.9. The van der Waals surface area contributed by atoms with Crippen molar-refractivity contribution in [3.63, 3.8) is 0 Å². The van der Waals surface area contributed by atoms with Crippen LogP contribution in [0.1, 0.15) is 17.8 Å². The lowest BCUT2D eigenvalue weighted by molar-refractivity contribution is 0.00997. The number of benzene rings is 1. The quantitative estimate of drug-likeness (QED) is 0.902. The number of rotatable bonds is 5. The first kappa shape index (κ1) is 17.0. The number of nitrogens with one attached hydrogen (secondary N) is 1. The predicted octanol–water partition coefficient (Wildman–Crippen LogP) is 3.30. The van der Waals surface area contributed by atoms with Crippen LogP contribution in [0.5, 0.6) is 5.75 Å². The fourth-order valence-corrected chi connectivity index (χ4v) is 3.91. The van der Waals surface area contributed by atoms with Gasteiger partial charge in [0.1, 0.15) is 5.75 Å². The van der Waals surface area contributed by atoms with Gasteiger partial charge in [-0.3, -0.25) is 4.90 Å². The summed E-state index contributed by atoms with van der Waals surface area (Å²) in [6, 6.07) is 13.3. The SMILES string of the molecule is C[C@@H](NC(=O)Oc1ccccc1)[C@@H](c1cccs1)N1CCOCC1. The third-order valence-electron chi connectivity index (χ3n) is 4.05. The van der Waals surface area contributed by atoms with E-state index in [0.717, 1.165) is 26.3 Å². The second kappa shape index (κ2) is 8.28. The van der Waals surface area contributed by atoms with Gasteiger partial charge in [0.05, 0.1) is 19.3 Å². The zero-order chi connectivity index (χ0) is 16.8. The molecule has 0 radical (unpaired) electrons. The molecule has 2 heterocycles. The Kier molecular flexibility index (Phi) is 5.85. The monoisotopic (exact) mass is 346 g/mol. The molecular weight excluding hydrogens is 324 g/mol. The van der Waals surface area contributed by atoms with Crippen LogP contribution in [0, 0.1) is 0 Å². The van der Waals surface area contributed by atoms with E-state index in [0.29, 0.717) is 5.75 Å². The minimum absolute atomic E-state index is 0.0713. The van der Waals surface area contributed by atoms with Gasteiger partial charge in [-0.25, -0.2) is 4.79 Å². The molecule has 3 rings (SSSR count). The van der Waals surface area contributed by atoms with Crippen molar-refractivity contribution in [2.24, 2.45) is 0 Å². The number of ether oxygens (including phenoxy) is 2. The molecule has 2 atom stereocenters. The highest BCUT2D eigenvalue weighted by atomic mass is 32.1. The third kappa shape index (κ3) is 4.35. The lowest BCUT2D eigenvalue weighted by Crippen LogP contribution is -2.48. The molecule has 1 amide bonds. The summed E-state index contributed by atoms with van der Waals surface area (Å²) in [6.07, 6.45) is -0.427. The van der Waals surface area contributed by atoms with Crippen LogP contribution in [0.4, 0.5) is 4.79 Å². The fourth-order valence-electron chi connectivity index (χ4n) is 2.95.